The van der Waals surface area contributed by atoms with E-state index in [1.807, 2.05) is 6.07 Å². The summed E-state index contributed by atoms with van der Waals surface area (Å²) in [6.45, 7) is 0. The van der Waals surface area contributed by atoms with Gasteiger partial charge in [-0.25, -0.2) is 0 Å². The fraction of sp³-hybridized carbons (Fsp3) is 0.222. The van der Waals surface area contributed by atoms with Crippen LogP contribution in [0.15, 0.2) is 53.0 Å². The smallest absolute Gasteiger partial charge is 0.305 e. The molecule has 0 fully saturated rings. The Labute approximate surface area is 157 Å². The fourth-order valence-electron chi connectivity index (χ4n) is 2.40. The lowest BCUT2D eigenvalue weighted by atomic mass is 10.0. The van der Waals surface area contributed by atoms with Gasteiger partial charge in [0.2, 0.25) is 0 Å². The van der Waals surface area contributed by atoms with E-state index in [2.05, 4.69) is 21.2 Å². The summed E-state index contributed by atoms with van der Waals surface area (Å²) < 4.78 is 12.2. The molecule has 7 heteroatoms. The van der Waals surface area contributed by atoms with E-state index in [9.17, 15) is 13.8 Å². The van der Waals surface area contributed by atoms with Gasteiger partial charge in [0, 0.05) is 32.8 Å². The molecule has 25 heavy (non-hydrogen) atoms. The minimum atomic E-state index is -1.00. The summed E-state index contributed by atoms with van der Waals surface area (Å²) in [5.74, 6) is -0.993. The molecule has 0 aliphatic heterocycles. The first-order valence-corrected chi connectivity index (χ1v) is 10.0. The van der Waals surface area contributed by atoms with Gasteiger partial charge >= 0.3 is 5.97 Å². The molecule has 2 N–H and O–H groups in total. The third kappa shape index (κ3) is 6.10. The van der Waals surface area contributed by atoms with Crippen molar-refractivity contribution in [2.75, 3.05) is 6.26 Å². The largest absolute Gasteiger partial charge is 0.481 e. The van der Waals surface area contributed by atoms with E-state index in [0.29, 0.717) is 16.9 Å². The number of carboxylic acids is 1. The maximum absolute atomic E-state index is 12.5. The number of hydrogen-bond donors (Lipinski definition) is 2. The molecular formula is C18H18BrNO4S. The van der Waals surface area contributed by atoms with Crippen LogP contribution in [0.1, 0.15) is 33.9 Å². The van der Waals surface area contributed by atoms with Crippen molar-refractivity contribution >= 4 is 38.6 Å². The standard InChI is InChI=1S/C18H18BrNO4S/c1-25(24)11-12-3-2-4-14(9-12)18(23)20-16(10-17(21)22)13-5-7-15(19)8-6-13/h2-9,16H,10-11H2,1H3,(H,20,23)(H,21,22). The minimum Gasteiger partial charge on any atom is -0.481 e. The molecule has 5 nitrogen and oxygen atoms in total. The summed E-state index contributed by atoms with van der Waals surface area (Å²) in [7, 11) is -1.00. The average molecular weight is 424 g/mol. The van der Waals surface area contributed by atoms with Crippen molar-refractivity contribution in [3.8, 4) is 0 Å². The second-order valence-electron chi connectivity index (χ2n) is 5.59. The van der Waals surface area contributed by atoms with E-state index in [1.165, 1.54) is 0 Å². The van der Waals surface area contributed by atoms with Gasteiger partial charge in [-0.05, 0) is 35.4 Å². The number of amides is 1. The molecule has 132 valence electrons. The maximum Gasteiger partial charge on any atom is 0.305 e. The Hall–Kier alpha value is -1.99. The summed E-state index contributed by atoms with van der Waals surface area (Å²) in [6, 6.07) is 13.4. The molecule has 0 heterocycles. The first kappa shape index (κ1) is 19.3. The highest BCUT2D eigenvalue weighted by Crippen LogP contribution is 2.20. The van der Waals surface area contributed by atoms with Crippen LogP contribution in [0.5, 0.6) is 0 Å². The lowest BCUT2D eigenvalue weighted by Gasteiger charge is -2.18. The number of hydrogen-bond acceptors (Lipinski definition) is 3. The number of carboxylic acid groups (broad SMARTS) is 1. The third-order valence-corrected chi connectivity index (χ3v) is 4.78. The number of carbonyl (C=O) groups is 2. The Morgan fingerprint density at radius 1 is 1.20 bits per heavy atom. The molecule has 1 amide bonds. The molecule has 2 rings (SSSR count). The van der Waals surface area contributed by atoms with Crippen LogP contribution in [0.3, 0.4) is 0 Å². The maximum atomic E-state index is 12.5. The molecule has 0 aromatic heterocycles. The van der Waals surface area contributed by atoms with E-state index >= 15 is 0 Å². The summed E-state index contributed by atoms with van der Waals surface area (Å²) in [6.07, 6.45) is 1.38. The zero-order valence-electron chi connectivity index (χ0n) is 13.6. The van der Waals surface area contributed by atoms with Crippen molar-refractivity contribution in [3.63, 3.8) is 0 Å². The lowest BCUT2D eigenvalue weighted by Crippen LogP contribution is -2.30. The van der Waals surface area contributed by atoms with E-state index in [4.69, 9.17) is 5.11 Å². The van der Waals surface area contributed by atoms with Crippen molar-refractivity contribution in [1.29, 1.82) is 0 Å². The lowest BCUT2D eigenvalue weighted by molar-refractivity contribution is -0.137. The molecule has 0 bridgehead atoms. The van der Waals surface area contributed by atoms with Gasteiger partial charge in [0.05, 0.1) is 12.5 Å². The summed E-state index contributed by atoms with van der Waals surface area (Å²) in [4.78, 5) is 23.7. The molecule has 2 atom stereocenters. The van der Waals surface area contributed by atoms with Crippen LogP contribution in [0.25, 0.3) is 0 Å². The van der Waals surface area contributed by atoms with Crippen molar-refractivity contribution in [2.45, 2.75) is 18.2 Å². The van der Waals surface area contributed by atoms with E-state index in [-0.39, 0.29) is 12.3 Å². The Morgan fingerprint density at radius 3 is 2.48 bits per heavy atom. The second-order valence-corrected chi connectivity index (χ2v) is 7.94. The van der Waals surface area contributed by atoms with Gasteiger partial charge in [0.15, 0.2) is 0 Å². The van der Waals surface area contributed by atoms with Crippen LogP contribution in [0.4, 0.5) is 0 Å². The van der Waals surface area contributed by atoms with Crippen LogP contribution in [-0.4, -0.2) is 27.4 Å². The van der Waals surface area contributed by atoms with Gasteiger partial charge < -0.3 is 10.4 Å². The third-order valence-electron chi connectivity index (χ3n) is 3.52. The molecule has 0 aliphatic rings. The van der Waals surface area contributed by atoms with Crippen LogP contribution >= 0.6 is 15.9 Å². The van der Waals surface area contributed by atoms with Crippen molar-refractivity contribution in [3.05, 3.63) is 69.7 Å². The molecular weight excluding hydrogens is 406 g/mol. The highest BCUT2D eigenvalue weighted by molar-refractivity contribution is 9.10. The van der Waals surface area contributed by atoms with E-state index in [1.54, 1.807) is 48.7 Å². The first-order chi connectivity index (χ1) is 11.8. The average Bonchev–Trinajstić information content (AvgIpc) is 2.54. The van der Waals surface area contributed by atoms with Gasteiger partial charge in [-0.2, -0.15) is 0 Å². The Balaban J connectivity index is 2.20. The molecule has 0 saturated carbocycles. The number of aliphatic carboxylic acids is 1. The second kappa shape index (κ2) is 8.92. The van der Waals surface area contributed by atoms with E-state index in [0.717, 1.165) is 10.0 Å². The molecule has 2 aromatic carbocycles. The van der Waals surface area contributed by atoms with Gasteiger partial charge in [-0.1, -0.05) is 40.2 Å². The normalized spacial score (nSPS) is 13.0. The molecule has 2 unspecified atom stereocenters. The fourth-order valence-corrected chi connectivity index (χ4v) is 3.31. The van der Waals surface area contributed by atoms with Gasteiger partial charge in [-0.15, -0.1) is 0 Å². The number of benzene rings is 2. The SMILES string of the molecule is CS(=O)Cc1cccc(C(=O)NC(CC(=O)O)c2ccc(Br)cc2)c1. The predicted octanol–water partition coefficient (Wildman–Crippen LogP) is 3.27. The van der Waals surface area contributed by atoms with Crippen molar-refractivity contribution in [1.82, 2.24) is 5.32 Å². The van der Waals surface area contributed by atoms with Gasteiger partial charge in [0.1, 0.15) is 0 Å². The van der Waals surface area contributed by atoms with Crippen LogP contribution in [0, 0.1) is 0 Å². The number of rotatable bonds is 7. The quantitative estimate of drug-likeness (QED) is 0.715. The highest BCUT2D eigenvalue weighted by Gasteiger charge is 2.19. The summed E-state index contributed by atoms with van der Waals surface area (Å²) in [5.41, 5.74) is 1.92. The van der Waals surface area contributed by atoms with Crippen LogP contribution < -0.4 is 5.32 Å². The Kier molecular flexibility index (Phi) is 6.90. The predicted molar refractivity (Wildman–Crippen MR) is 101 cm³/mol. The topological polar surface area (TPSA) is 83.5 Å². The number of halogens is 1. The minimum absolute atomic E-state index is 0.216. The molecule has 2 aromatic rings. The van der Waals surface area contributed by atoms with E-state index < -0.39 is 22.8 Å². The monoisotopic (exact) mass is 423 g/mol. The summed E-state index contributed by atoms with van der Waals surface area (Å²) in [5, 5.41) is 11.9. The molecule has 0 radical (unpaired) electrons. The number of nitrogens with one attached hydrogen (secondary N) is 1. The Bertz CT molecular complexity index is 792. The first-order valence-electron chi connectivity index (χ1n) is 7.52. The summed E-state index contributed by atoms with van der Waals surface area (Å²) >= 11 is 3.33. The molecule has 0 aliphatic carbocycles. The van der Waals surface area contributed by atoms with Crippen molar-refractivity contribution < 1.29 is 18.9 Å². The van der Waals surface area contributed by atoms with Crippen LogP contribution in [-0.2, 0) is 21.3 Å². The highest BCUT2D eigenvalue weighted by atomic mass is 79.9. The van der Waals surface area contributed by atoms with Gasteiger partial charge in [0.25, 0.3) is 5.91 Å². The zero-order valence-corrected chi connectivity index (χ0v) is 16.0. The zero-order chi connectivity index (χ0) is 18.4. The Morgan fingerprint density at radius 2 is 1.88 bits per heavy atom. The molecule has 0 saturated heterocycles. The number of carbonyl (C=O) groups excluding carboxylic acids is 1. The molecule has 0 spiro atoms. The van der Waals surface area contributed by atoms with Crippen molar-refractivity contribution in [2.24, 2.45) is 0 Å². The van der Waals surface area contributed by atoms with Gasteiger partial charge in [-0.3, -0.25) is 13.8 Å². The van der Waals surface area contributed by atoms with Crippen LogP contribution in [0.2, 0.25) is 0 Å².